The van der Waals surface area contributed by atoms with E-state index in [1.165, 1.54) is 5.56 Å². The highest BCUT2D eigenvalue weighted by atomic mass is 16.5. The van der Waals surface area contributed by atoms with E-state index >= 15 is 0 Å². The molecule has 1 aromatic rings. The lowest BCUT2D eigenvalue weighted by Gasteiger charge is -2.30. The third-order valence-electron chi connectivity index (χ3n) is 4.62. The van der Waals surface area contributed by atoms with Crippen molar-refractivity contribution in [2.75, 3.05) is 6.61 Å². The molecular formula is C18H28NO2. The van der Waals surface area contributed by atoms with Gasteiger partial charge in [-0.3, -0.25) is 10.5 Å². The first-order chi connectivity index (χ1) is 9.64. The van der Waals surface area contributed by atoms with E-state index in [0.29, 0.717) is 0 Å². The Morgan fingerprint density at radius 1 is 1.10 bits per heavy atom. The van der Waals surface area contributed by atoms with Gasteiger partial charge in [0.15, 0.2) is 6.61 Å². The first kappa shape index (κ1) is 17.5. The molecule has 21 heavy (non-hydrogen) atoms. The molecule has 0 bridgehead atoms. The van der Waals surface area contributed by atoms with Crippen LogP contribution in [0.3, 0.4) is 0 Å². The number of hydrogen-bond acceptors (Lipinski definition) is 2. The molecule has 0 aliphatic heterocycles. The van der Waals surface area contributed by atoms with Crippen molar-refractivity contribution in [1.29, 1.82) is 0 Å². The summed E-state index contributed by atoms with van der Waals surface area (Å²) < 4.78 is 5.55. The standard InChI is InChI=1S/C18H28NO2/c1-7-17(3,4)13-9-10-15(21-12-16(19)20)14(11-13)18(5,6)8-2/h9-11,19H,7-8,12H2,1-6H3. The predicted octanol–water partition coefficient (Wildman–Crippen LogP) is 4.25. The van der Waals surface area contributed by atoms with Crippen LogP contribution in [0.2, 0.25) is 0 Å². The van der Waals surface area contributed by atoms with Gasteiger partial charge in [-0.05, 0) is 35.3 Å². The highest BCUT2D eigenvalue weighted by molar-refractivity contribution is 5.74. The van der Waals surface area contributed by atoms with Crippen LogP contribution in [-0.2, 0) is 15.6 Å². The van der Waals surface area contributed by atoms with Gasteiger partial charge < -0.3 is 4.74 Å². The van der Waals surface area contributed by atoms with E-state index in [9.17, 15) is 4.79 Å². The summed E-state index contributed by atoms with van der Waals surface area (Å²) in [5.74, 6) is 0.0197. The van der Waals surface area contributed by atoms with Gasteiger partial charge in [-0.1, -0.05) is 53.7 Å². The molecule has 0 fully saturated rings. The summed E-state index contributed by atoms with van der Waals surface area (Å²) in [5.41, 5.74) is 9.49. The number of carbonyl (C=O) groups is 1. The van der Waals surface area contributed by atoms with Crippen molar-refractivity contribution in [2.24, 2.45) is 0 Å². The number of benzene rings is 1. The van der Waals surface area contributed by atoms with Crippen LogP contribution in [0, 0.1) is 0 Å². The lowest BCUT2D eigenvalue weighted by Crippen LogP contribution is -2.22. The molecule has 3 heteroatoms. The van der Waals surface area contributed by atoms with E-state index in [0.717, 1.165) is 24.2 Å². The topological polar surface area (TPSA) is 50.1 Å². The Labute approximate surface area is 128 Å². The second-order valence-corrected chi connectivity index (χ2v) is 6.90. The largest absolute Gasteiger partial charge is 0.483 e. The van der Waals surface area contributed by atoms with Crippen LogP contribution in [-0.4, -0.2) is 12.5 Å². The number of ether oxygens (including phenoxy) is 1. The van der Waals surface area contributed by atoms with Gasteiger partial charge >= 0.3 is 0 Å². The van der Waals surface area contributed by atoms with Gasteiger partial charge in [-0.25, -0.2) is 0 Å². The number of rotatable bonds is 7. The van der Waals surface area contributed by atoms with Gasteiger partial charge in [0.1, 0.15) is 5.75 Å². The molecule has 3 nitrogen and oxygen atoms in total. The fourth-order valence-electron chi connectivity index (χ4n) is 2.14. The SMILES string of the molecule is CCC(C)(C)c1ccc(OCC([NH])=O)c(C(C)(C)CC)c1. The minimum Gasteiger partial charge on any atom is -0.483 e. The molecule has 0 unspecified atom stereocenters. The van der Waals surface area contributed by atoms with Crippen LogP contribution < -0.4 is 10.5 Å². The summed E-state index contributed by atoms with van der Waals surface area (Å²) >= 11 is 0. The highest BCUT2D eigenvalue weighted by Gasteiger charge is 2.26. The first-order valence-electron chi connectivity index (χ1n) is 7.66. The molecule has 117 valence electrons. The summed E-state index contributed by atoms with van der Waals surface area (Å²) in [4.78, 5) is 10.9. The van der Waals surface area contributed by atoms with Crippen LogP contribution >= 0.6 is 0 Å². The lowest BCUT2D eigenvalue weighted by atomic mass is 9.76. The maximum Gasteiger partial charge on any atom is 0.276 e. The summed E-state index contributed by atoms with van der Waals surface area (Å²) in [5, 5.41) is 0. The van der Waals surface area contributed by atoms with Crippen LogP contribution in [0.15, 0.2) is 18.2 Å². The molecule has 1 rings (SSSR count). The normalized spacial score (nSPS) is 12.3. The van der Waals surface area contributed by atoms with Gasteiger partial charge in [0, 0.05) is 5.56 Å². The summed E-state index contributed by atoms with van der Waals surface area (Å²) in [6.45, 7) is 13.0. The molecule has 0 heterocycles. The zero-order valence-corrected chi connectivity index (χ0v) is 14.2. The zero-order valence-electron chi connectivity index (χ0n) is 14.2. The van der Waals surface area contributed by atoms with E-state index < -0.39 is 5.91 Å². The summed E-state index contributed by atoms with van der Waals surface area (Å²) in [6.07, 6.45) is 2.04. The lowest BCUT2D eigenvalue weighted by molar-refractivity contribution is -0.120. The quantitative estimate of drug-likeness (QED) is 0.753. The Morgan fingerprint density at radius 2 is 1.67 bits per heavy atom. The predicted molar refractivity (Wildman–Crippen MR) is 86.7 cm³/mol. The van der Waals surface area contributed by atoms with Gasteiger partial charge in [0.2, 0.25) is 0 Å². The monoisotopic (exact) mass is 290 g/mol. The smallest absolute Gasteiger partial charge is 0.276 e. The molecule has 0 aliphatic rings. The third-order valence-corrected chi connectivity index (χ3v) is 4.62. The minimum atomic E-state index is -0.701. The van der Waals surface area contributed by atoms with E-state index in [1.54, 1.807) is 0 Å². The van der Waals surface area contributed by atoms with Gasteiger partial charge in [0.05, 0.1) is 0 Å². The van der Waals surface area contributed by atoms with Crippen molar-refractivity contribution in [3.05, 3.63) is 29.3 Å². The van der Waals surface area contributed by atoms with Crippen LogP contribution in [0.25, 0.3) is 0 Å². The van der Waals surface area contributed by atoms with Crippen molar-refractivity contribution in [3.8, 4) is 5.75 Å². The van der Waals surface area contributed by atoms with Crippen LogP contribution in [0.1, 0.15) is 65.5 Å². The molecule has 0 saturated carbocycles. The molecule has 0 aromatic heterocycles. The van der Waals surface area contributed by atoms with Crippen molar-refractivity contribution in [3.63, 3.8) is 0 Å². The van der Waals surface area contributed by atoms with Crippen LogP contribution in [0.5, 0.6) is 5.75 Å². The average molecular weight is 290 g/mol. The molecular weight excluding hydrogens is 262 g/mol. The van der Waals surface area contributed by atoms with Crippen molar-refractivity contribution < 1.29 is 9.53 Å². The summed E-state index contributed by atoms with van der Waals surface area (Å²) in [7, 11) is 0. The number of nitrogens with one attached hydrogen (secondary N) is 1. The highest BCUT2D eigenvalue weighted by Crippen LogP contribution is 2.38. The van der Waals surface area contributed by atoms with Crippen molar-refractivity contribution >= 4 is 5.91 Å². The second kappa shape index (κ2) is 6.50. The van der Waals surface area contributed by atoms with Crippen molar-refractivity contribution in [1.82, 2.24) is 5.73 Å². The number of hydrogen-bond donors (Lipinski definition) is 0. The van der Waals surface area contributed by atoms with E-state index in [4.69, 9.17) is 10.5 Å². The van der Waals surface area contributed by atoms with Gasteiger partial charge in [0.25, 0.3) is 5.91 Å². The fourth-order valence-corrected chi connectivity index (χ4v) is 2.14. The summed E-state index contributed by atoms with van der Waals surface area (Å²) in [6, 6.07) is 6.22. The fraction of sp³-hybridized carbons (Fsp3) is 0.611. The number of amides is 1. The third kappa shape index (κ3) is 4.23. The molecule has 1 radical (unpaired) electrons. The number of carbonyl (C=O) groups excluding carboxylic acids is 1. The maximum atomic E-state index is 10.9. The molecule has 1 amide bonds. The van der Waals surface area contributed by atoms with E-state index in [2.05, 4.69) is 53.7 Å². The Bertz CT molecular complexity index is 504. The first-order valence-corrected chi connectivity index (χ1v) is 7.66. The minimum absolute atomic E-state index is 0.0275. The molecule has 0 saturated heterocycles. The molecule has 0 aliphatic carbocycles. The Morgan fingerprint density at radius 3 is 2.14 bits per heavy atom. The van der Waals surface area contributed by atoms with Gasteiger partial charge in [-0.2, -0.15) is 0 Å². The van der Waals surface area contributed by atoms with Gasteiger partial charge in [-0.15, -0.1) is 0 Å². The van der Waals surface area contributed by atoms with E-state index in [-0.39, 0.29) is 17.4 Å². The average Bonchev–Trinajstić information content (AvgIpc) is 2.44. The Kier molecular flexibility index (Phi) is 5.43. The molecule has 0 spiro atoms. The molecule has 1 aromatic carbocycles. The van der Waals surface area contributed by atoms with Crippen molar-refractivity contribution in [2.45, 2.75) is 65.2 Å². The Hall–Kier alpha value is -1.51. The second-order valence-electron chi connectivity index (χ2n) is 6.90. The maximum absolute atomic E-state index is 10.9. The van der Waals surface area contributed by atoms with Crippen LogP contribution in [0.4, 0.5) is 0 Å². The van der Waals surface area contributed by atoms with E-state index in [1.807, 2.05) is 6.07 Å². The molecule has 0 atom stereocenters. The molecule has 1 N–H and O–H groups in total. The zero-order chi connectivity index (χ0) is 16.3. The Balaban J connectivity index is 3.30.